The summed E-state index contributed by atoms with van der Waals surface area (Å²) in [7, 11) is 0. The fourth-order valence-corrected chi connectivity index (χ4v) is 4.04. The smallest absolute Gasteiger partial charge is 0.244 e. The van der Waals surface area contributed by atoms with Gasteiger partial charge in [-0.1, -0.05) is 59.7 Å². The molecule has 0 aromatic heterocycles. The van der Waals surface area contributed by atoms with Crippen LogP contribution in [0.25, 0.3) is 0 Å². The van der Waals surface area contributed by atoms with Crippen LogP contribution in [0, 0.1) is 19.8 Å². The summed E-state index contributed by atoms with van der Waals surface area (Å²) in [5, 5.41) is 13.5. The van der Waals surface area contributed by atoms with Gasteiger partial charge in [0.05, 0.1) is 12.1 Å². The molecule has 1 amide bonds. The van der Waals surface area contributed by atoms with Gasteiger partial charge in [-0.3, -0.25) is 4.79 Å². The van der Waals surface area contributed by atoms with Crippen molar-refractivity contribution in [2.75, 3.05) is 0 Å². The predicted molar refractivity (Wildman–Crippen MR) is 115 cm³/mol. The van der Waals surface area contributed by atoms with E-state index in [1.165, 1.54) is 22.3 Å². The molecule has 1 aliphatic rings. The molecule has 4 heteroatoms. The fraction of sp³-hybridized carbons (Fsp3) is 0.200. The largest absolute Gasteiger partial charge is 0.508 e. The van der Waals surface area contributed by atoms with Gasteiger partial charge in [0, 0.05) is 5.41 Å². The summed E-state index contributed by atoms with van der Waals surface area (Å²) in [6, 6.07) is 23.5. The van der Waals surface area contributed by atoms with Crippen LogP contribution in [0.2, 0.25) is 0 Å². The van der Waals surface area contributed by atoms with Crippen LogP contribution in [0.3, 0.4) is 0 Å². The summed E-state index contributed by atoms with van der Waals surface area (Å²) in [5.74, 6) is -0.0450. The highest BCUT2D eigenvalue weighted by Gasteiger charge is 2.60. The van der Waals surface area contributed by atoms with Gasteiger partial charge in [0.2, 0.25) is 5.91 Å². The Labute approximate surface area is 170 Å². The van der Waals surface area contributed by atoms with Gasteiger partial charge in [0.15, 0.2) is 0 Å². The van der Waals surface area contributed by atoms with Crippen molar-refractivity contribution < 1.29 is 9.90 Å². The first-order valence-electron chi connectivity index (χ1n) is 9.75. The minimum Gasteiger partial charge on any atom is -0.508 e. The molecule has 1 aliphatic carbocycles. The van der Waals surface area contributed by atoms with E-state index in [9.17, 15) is 9.90 Å². The Morgan fingerprint density at radius 3 is 2.14 bits per heavy atom. The molecule has 0 radical (unpaired) electrons. The molecule has 1 atom stereocenters. The summed E-state index contributed by atoms with van der Waals surface area (Å²) >= 11 is 0. The summed E-state index contributed by atoms with van der Waals surface area (Å²) in [4.78, 5) is 12.9. The van der Waals surface area contributed by atoms with Crippen LogP contribution >= 0.6 is 0 Å². The molecule has 29 heavy (non-hydrogen) atoms. The van der Waals surface area contributed by atoms with E-state index < -0.39 is 0 Å². The number of nitrogens with zero attached hydrogens (tertiary/aromatic N) is 1. The molecule has 3 aromatic rings. The number of phenolic OH excluding ortho intramolecular Hbond substituents is 1. The molecule has 1 saturated carbocycles. The second-order valence-corrected chi connectivity index (χ2v) is 7.79. The fourth-order valence-electron chi connectivity index (χ4n) is 4.04. The van der Waals surface area contributed by atoms with Crippen molar-refractivity contribution in [2.45, 2.75) is 25.7 Å². The van der Waals surface area contributed by atoms with Crippen LogP contribution in [-0.4, -0.2) is 17.2 Å². The average molecular weight is 384 g/mol. The maximum Gasteiger partial charge on any atom is 0.244 e. The van der Waals surface area contributed by atoms with E-state index in [0.29, 0.717) is 0 Å². The van der Waals surface area contributed by atoms with Gasteiger partial charge in [-0.25, -0.2) is 5.43 Å². The zero-order chi connectivity index (χ0) is 20.4. The molecule has 1 fully saturated rings. The van der Waals surface area contributed by atoms with E-state index >= 15 is 0 Å². The SMILES string of the molecule is Cc1cccc(C2(c3cccc(C)c3)CC2C(=O)N/N=C\c2ccc(O)cc2)c1. The highest BCUT2D eigenvalue weighted by atomic mass is 16.3. The summed E-state index contributed by atoms with van der Waals surface area (Å²) < 4.78 is 0. The molecule has 4 nitrogen and oxygen atoms in total. The number of hydrazone groups is 1. The highest BCUT2D eigenvalue weighted by molar-refractivity contribution is 5.87. The van der Waals surface area contributed by atoms with Crippen LogP contribution in [0.15, 0.2) is 77.9 Å². The first-order valence-corrected chi connectivity index (χ1v) is 9.75. The molecule has 0 spiro atoms. The molecule has 0 bridgehead atoms. The van der Waals surface area contributed by atoms with Crippen molar-refractivity contribution in [2.24, 2.45) is 11.0 Å². The van der Waals surface area contributed by atoms with Crippen LogP contribution in [-0.2, 0) is 10.2 Å². The van der Waals surface area contributed by atoms with E-state index in [-0.39, 0.29) is 23.0 Å². The van der Waals surface area contributed by atoms with Crippen LogP contribution in [0.5, 0.6) is 5.75 Å². The lowest BCUT2D eigenvalue weighted by Gasteiger charge is -2.19. The maximum absolute atomic E-state index is 12.9. The van der Waals surface area contributed by atoms with Gasteiger partial charge >= 0.3 is 0 Å². The lowest BCUT2D eigenvalue weighted by molar-refractivity contribution is -0.122. The molecular formula is C25H24N2O2. The van der Waals surface area contributed by atoms with Gasteiger partial charge in [0.25, 0.3) is 0 Å². The monoisotopic (exact) mass is 384 g/mol. The number of aromatic hydroxyl groups is 1. The number of benzene rings is 3. The van der Waals surface area contributed by atoms with Crippen LogP contribution in [0.4, 0.5) is 0 Å². The Morgan fingerprint density at radius 2 is 1.59 bits per heavy atom. The summed E-state index contributed by atoms with van der Waals surface area (Å²) in [6.07, 6.45) is 2.35. The molecular weight excluding hydrogens is 360 g/mol. The van der Waals surface area contributed by atoms with Crippen molar-refractivity contribution in [1.29, 1.82) is 0 Å². The van der Waals surface area contributed by atoms with Crippen molar-refractivity contribution in [3.63, 3.8) is 0 Å². The minimum absolute atomic E-state index is 0.0805. The second-order valence-electron chi connectivity index (χ2n) is 7.79. The van der Waals surface area contributed by atoms with Gasteiger partial charge in [-0.2, -0.15) is 5.10 Å². The van der Waals surface area contributed by atoms with E-state index in [0.717, 1.165) is 12.0 Å². The number of hydrogen-bond donors (Lipinski definition) is 2. The third-order valence-electron chi connectivity index (χ3n) is 5.63. The van der Waals surface area contributed by atoms with Crippen LogP contribution < -0.4 is 5.43 Å². The van der Waals surface area contributed by atoms with Gasteiger partial charge in [-0.15, -0.1) is 0 Å². The molecule has 3 aromatic carbocycles. The zero-order valence-corrected chi connectivity index (χ0v) is 16.6. The summed E-state index contributed by atoms with van der Waals surface area (Å²) in [6.45, 7) is 4.15. The first kappa shape index (κ1) is 18.9. The highest BCUT2D eigenvalue weighted by Crippen LogP contribution is 2.59. The predicted octanol–water partition coefficient (Wildman–Crippen LogP) is 4.47. The van der Waals surface area contributed by atoms with Crippen molar-refractivity contribution >= 4 is 12.1 Å². The Kier molecular flexibility index (Phi) is 4.93. The van der Waals surface area contributed by atoms with Crippen molar-refractivity contribution in [1.82, 2.24) is 5.43 Å². The number of carbonyl (C=O) groups is 1. The topological polar surface area (TPSA) is 61.7 Å². The number of phenols is 1. The Morgan fingerprint density at radius 1 is 1.00 bits per heavy atom. The molecule has 1 unspecified atom stereocenters. The number of hydrogen-bond acceptors (Lipinski definition) is 3. The van der Waals surface area contributed by atoms with E-state index in [1.807, 2.05) is 0 Å². The third-order valence-corrected chi connectivity index (χ3v) is 5.63. The number of amides is 1. The van der Waals surface area contributed by atoms with E-state index in [4.69, 9.17) is 0 Å². The van der Waals surface area contributed by atoms with Gasteiger partial charge < -0.3 is 5.11 Å². The maximum atomic E-state index is 12.9. The lowest BCUT2D eigenvalue weighted by atomic mass is 9.84. The quantitative estimate of drug-likeness (QED) is 0.504. The zero-order valence-electron chi connectivity index (χ0n) is 16.6. The van der Waals surface area contributed by atoms with Crippen LogP contribution in [0.1, 0.15) is 34.2 Å². The van der Waals surface area contributed by atoms with E-state index in [2.05, 4.69) is 72.9 Å². The number of carbonyl (C=O) groups excluding carboxylic acids is 1. The Balaban J connectivity index is 1.58. The molecule has 0 heterocycles. The molecule has 2 N–H and O–H groups in total. The molecule has 146 valence electrons. The van der Waals surface area contributed by atoms with Gasteiger partial charge in [-0.05, 0) is 61.2 Å². The Hall–Kier alpha value is -3.40. The van der Waals surface area contributed by atoms with Crippen molar-refractivity contribution in [3.05, 3.63) is 101 Å². The number of rotatable bonds is 5. The normalized spacial score (nSPS) is 17.2. The Bertz CT molecular complexity index is 1020. The minimum atomic E-state index is -0.309. The second kappa shape index (κ2) is 7.55. The van der Waals surface area contributed by atoms with Gasteiger partial charge in [0.1, 0.15) is 5.75 Å². The number of aryl methyl sites for hydroxylation is 2. The standard InChI is InChI=1S/C25H24N2O2/c1-17-5-3-7-20(13-17)25(21-8-4-6-18(2)14-21)15-23(25)24(29)27-26-16-19-9-11-22(28)12-10-19/h3-14,16,23,28H,15H2,1-2H3,(H,27,29)/b26-16-. The molecule has 4 rings (SSSR count). The number of nitrogens with one attached hydrogen (secondary N) is 1. The molecule has 0 saturated heterocycles. The first-order chi connectivity index (χ1) is 14.0. The third kappa shape index (κ3) is 3.79. The van der Waals surface area contributed by atoms with E-state index in [1.54, 1.807) is 30.5 Å². The summed E-state index contributed by atoms with van der Waals surface area (Å²) in [5.41, 5.74) is 7.91. The average Bonchev–Trinajstić information content (AvgIpc) is 3.47. The molecule has 0 aliphatic heterocycles. The van der Waals surface area contributed by atoms with Crippen molar-refractivity contribution in [3.8, 4) is 5.75 Å². The lowest BCUT2D eigenvalue weighted by Crippen LogP contribution is -2.25.